The van der Waals surface area contributed by atoms with Gasteiger partial charge in [-0.05, 0) is 57.4 Å². The zero-order valence-corrected chi connectivity index (χ0v) is 28.9. The Bertz CT molecular complexity index is 1100. The molecule has 6 N–H and O–H groups in total. The maximum atomic E-state index is 12.7. The van der Waals surface area contributed by atoms with E-state index in [4.69, 9.17) is 14.2 Å². The first-order valence-corrected chi connectivity index (χ1v) is 16.5. The molecule has 0 radical (unpaired) electrons. The smallest absolute Gasteiger partial charge is 0.251 e. The molecule has 14 nitrogen and oxygen atoms in total. The molecular formula is C33H56N6O8. The summed E-state index contributed by atoms with van der Waals surface area (Å²) in [4.78, 5) is 61.5. The number of rotatable bonds is 26. The van der Waals surface area contributed by atoms with Crippen molar-refractivity contribution in [2.45, 2.75) is 84.6 Å². The number of benzene rings is 1. The van der Waals surface area contributed by atoms with Gasteiger partial charge in [-0.1, -0.05) is 20.8 Å². The summed E-state index contributed by atoms with van der Waals surface area (Å²) in [7, 11) is 1.57. The molecule has 1 aromatic carbocycles. The van der Waals surface area contributed by atoms with Crippen LogP contribution in [0.2, 0.25) is 0 Å². The summed E-state index contributed by atoms with van der Waals surface area (Å²) in [5.74, 6) is -1.31. The Morgan fingerprint density at radius 2 is 1.40 bits per heavy atom. The van der Waals surface area contributed by atoms with Gasteiger partial charge in [-0.2, -0.15) is 0 Å². The van der Waals surface area contributed by atoms with Crippen LogP contribution in [0.1, 0.15) is 77.1 Å². The third kappa shape index (κ3) is 18.4. The number of Topliss-reactive ketones (excluding diaryl/α,β-unsaturated/α-hetero) is 1. The number of ketones is 1. The molecule has 0 aliphatic rings. The lowest BCUT2D eigenvalue weighted by atomic mass is 10.1. The molecule has 1 rings (SSSR count). The third-order valence-corrected chi connectivity index (χ3v) is 6.94. The van der Waals surface area contributed by atoms with E-state index in [9.17, 15) is 24.0 Å². The van der Waals surface area contributed by atoms with E-state index in [1.165, 1.54) is 0 Å². The molecule has 0 aliphatic carbocycles. The van der Waals surface area contributed by atoms with Gasteiger partial charge < -0.3 is 46.1 Å². The number of ether oxygens (including phenoxy) is 3. The van der Waals surface area contributed by atoms with Gasteiger partial charge in [-0.15, -0.1) is 0 Å². The van der Waals surface area contributed by atoms with Crippen LogP contribution < -0.4 is 36.6 Å². The van der Waals surface area contributed by atoms with Crippen LogP contribution in [-0.2, 0) is 28.7 Å². The third-order valence-electron chi connectivity index (χ3n) is 6.94. The SMILES string of the molecule is CCCC(=O)NCC(NC(=O)CCC)C(=O)NCCOC(C)(C)OCCNCC(=O)C(CC)NCCNC(=O)c1ccc(OC)cc1. The number of amides is 4. The molecule has 0 saturated carbocycles. The minimum atomic E-state index is -0.941. The van der Waals surface area contributed by atoms with Crippen molar-refractivity contribution in [3.05, 3.63) is 29.8 Å². The van der Waals surface area contributed by atoms with Gasteiger partial charge in [0.15, 0.2) is 11.6 Å². The van der Waals surface area contributed by atoms with Crippen LogP contribution >= 0.6 is 0 Å². The fourth-order valence-electron chi connectivity index (χ4n) is 4.33. The fourth-order valence-corrected chi connectivity index (χ4v) is 4.33. The normalized spacial score (nSPS) is 12.5. The second-order valence-corrected chi connectivity index (χ2v) is 11.4. The van der Waals surface area contributed by atoms with Crippen LogP contribution in [-0.4, -0.2) is 107 Å². The molecule has 0 heterocycles. The molecule has 0 aliphatic heterocycles. The van der Waals surface area contributed by atoms with Gasteiger partial charge in [0.05, 0.1) is 32.9 Å². The predicted octanol–water partition coefficient (Wildman–Crippen LogP) is 1.04. The lowest BCUT2D eigenvalue weighted by molar-refractivity contribution is -0.211. The van der Waals surface area contributed by atoms with Crippen LogP contribution in [0.15, 0.2) is 24.3 Å². The van der Waals surface area contributed by atoms with Gasteiger partial charge in [0.2, 0.25) is 17.7 Å². The minimum absolute atomic E-state index is 0.00371. The Hall–Kier alpha value is -3.59. The fraction of sp³-hybridized carbons (Fsp3) is 0.667. The van der Waals surface area contributed by atoms with Crippen LogP contribution in [0, 0.1) is 0 Å². The second kappa shape index (κ2) is 23.7. The molecule has 0 saturated heterocycles. The molecular weight excluding hydrogens is 608 g/mol. The molecule has 1 aromatic rings. The molecule has 0 spiro atoms. The van der Waals surface area contributed by atoms with Gasteiger partial charge >= 0.3 is 0 Å². The number of nitrogens with one attached hydrogen (secondary N) is 6. The molecule has 2 atom stereocenters. The summed E-state index contributed by atoms with van der Waals surface area (Å²) >= 11 is 0. The molecule has 2 unspecified atom stereocenters. The van der Waals surface area contributed by atoms with E-state index in [1.54, 1.807) is 45.2 Å². The lowest BCUT2D eigenvalue weighted by Gasteiger charge is -2.26. The highest BCUT2D eigenvalue weighted by molar-refractivity contribution is 5.94. The largest absolute Gasteiger partial charge is 0.497 e. The highest BCUT2D eigenvalue weighted by Gasteiger charge is 2.23. The summed E-state index contributed by atoms with van der Waals surface area (Å²) < 4.78 is 16.7. The molecule has 47 heavy (non-hydrogen) atoms. The highest BCUT2D eigenvalue weighted by atomic mass is 16.7. The van der Waals surface area contributed by atoms with Crippen molar-refractivity contribution < 1.29 is 38.2 Å². The van der Waals surface area contributed by atoms with Crippen molar-refractivity contribution in [2.75, 3.05) is 59.6 Å². The first-order chi connectivity index (χ1) is 22.5. The zero-order valence-electron chi connectivity index (χ0n) is 28.9. The van der Waals surface area contributed by atoms with Gasteiger partial charge in [0, 0.05) is 51.1 Å². The van der Waals surface area contributed by atoms with E-state index in [-0.39, 0.29) is 68.8 Å². The van der Waals surface area contributed by atoms with Crippen molar-refractivity contribution in [3.8, 4) is 5.75 Å². The van der Waals surface area contributed by atoms with Gasteiger partial charge in [0.25, 0.3) is 5.91 Å². The standard InChI is InChI=1S/C33H56N6O8/c1-7-10-29(41)38-22-27(39-30(42)11-8-2)32(44)37-19-21-47-33(4,5)46-20-18-34-23-28(40)26(9-3)35-16-17-36-31(43)24-12-14-25(45-6)15-13-24/h12-15,26-27,34-35H,7-11,16-23H2,1-6H3,(H,36,43)(H,37,44)(H,38,41)(H,39,42). The van der Waals surface area contributed by atoms with Crippen molar-refractivity contribution in [1.82, 2.24) is 31.9 Å². The Kier molecular flexibility index (Phi) is 20.9. The number of hydrogen-bond donors (Lipinski definition) is 6. The molecule has 266 valence electrons. The first kappa shape index (κ1) is 41.4. The van der Waals surface area contributed by atoms with Gasteiger partial charge in [-0.25, -0.2) is 0 Å². The zero-order chi connectivity index (χ0) is 35.1. The highest BCUT2D eigenvalue weighted by Crippen LogP contribution is 2.11. The summed E-state index contributed by atoms with van der Waals surface area (Å²) in [6.07, 6.45) is 2.57. The topological polar surface area (TPSA) is 185 Å². The summed E-state index contributed by atoms with van der Waals surface area (Å²) in [6.45, 7) is 11.2. The lowest BCUT2D eigenvalue weighted by Crippen LogP contribution is -2.53. The number of methoxy groups -OCH3 is 1. The minimum Gasteiger partial charge on any atom is -0.497 e. The van der Waals surface area contributed by atoms with E-state index >= 15 is 0 Å². The summed E-state index contributed by atoms with van der Waals surface area (Å²) in [5, 5.41) is 17.2. The van der Waals surface area contributed by atoms with Crippen molar-refractivity contribution in [2.24, 2.45) is 0 Å². The van der Waals surface area contributed by atoms with E-state index in [0.29, 0.717) is 56.6 Å². The van der Waals surface area contributed by atoms with Gasteiger partial charge in [-0.3, -0.25) is 24.0 Å². The molecule has 0 bridgehead atoms. The average Bonchev–Trinajstić information content (AvgIpc) is 3.04. The Morgan fingerprint density at radius 1 is 0.766 bits per heavy atom. The summed E-state index contributed by atoms with van der Waals surface area (Å²) in [5.41, 5.74) is 0.532. The molecule has 0 aromatic heterocycles. The van der Waals surface area contributed by atoms with Crippen LogP contribution in [0.25, 0.3) is 0 Å². The predicted molar refractivity (Wildman–Crippen MR) is 179 cm³/mol. The number of carbonyl (C=O) groups is 5. The van der Waals surface area contributed by atoms with E-state index in [0.717, 1.165) is 0 Å². The van der Waals surface area contributed by atoms with E-state index in [2.05, 4.69) is 31.9 Å². The van der Waals surface area contributed by atoms with Crippen LogP contribution in [0.5, 0.6) is 5.75 Å². The number of hydrogen-bond acceptors (Lipinski definition) is 10. The summed E-state index contributed by atoms with van der Waals surface area (Å²) in [6, 6.07) is 5.60. The first-order valence-electron chi connectivity index (χ1n) is 16.5. The maximum Gasteiger partial charge on any atom is 0.251 e. The Morgan fingerprint density at radius 3 is 2.02 bits per heavy atom. The molecule has 14 heteroatoms. The molecule has 4 amide bonds. The Labute approximate surface area is 279 Å². The van der Waals surface area contributed by atoms with E-state index in [1.807, 2.05) is 20.8 Å². The van der Waals surface area contributed by atoms with Crippen molar-refractivity contribution >= 4 is 29.4 Å². The Balaban J connectivity index is 2.30. The van der Waals surface area contributed by atoms with Crippen molar-refractivity contribution in [3.63, 3.8) is 0 Å². The van der Waals surface area contributed by atoms with Crippen molar-refractivity contribution in [1.29, 1.82) is 0 Å². The van der Waals surface area contributed by atoms with E-state index < -0.39 is 17.7 Å². The van der Waals surface area contributed by atoms with Gasteiger partial charge in [0.1, 0.15) is 11.8 Å². The maximum absolute atomic E-state index is 12.7. The second-order valence-electron chi connectivity index (χ2n) is 11.4. The quantitative estimate of drug-likeness (QED) is 0.0618. The average molecular weight is 665 g/mol. The number of carbonyl (C=O) groups excluding carboxylic acids is 5. The van der Waals surface area contributed by atoms with Crippen LogP contribution in [0.4, 0.5) is 0 Å². The monoisotopic (exact) mass is 664 g/mol. The van der Waals surface area contributed by atoms with Crippen LogP contribution in [0.3, 0.4) is 0 Å². The molecule has 0 fully saturated rings.